The first-order valence-corrected chi connectivity index (χ1v) is 6.39. The second-order valence-corrected chi connectivity index (χ2v) is 5.65. The first-order valence-electron chi connectivity index (χ1n) is 6.39. The highest BCUT2D eigenvalue weighted by Gasteiger charge is 2.65. The van der Waals surface area contributed by atoms with Crippen molar-refractivity contribution in [3.05, 3.63) is 12.7 Å². The fraction of sp³-hybridized carbons (Fsp3) is 0.769. The highest BCUT2D eigenvalue weighted by molar-refractivity contribution is 5.82. The summed E-state index contributed by atoms with van der Waals surface area (Å²) in [4.78, 5) is 11.8. The van der Waals surface area contributed by atoms with E-state index in [1.165, 1.54) is 19.3 Å². The normalized spacial score (nSPS) is 44.9. The van der Waals surface area contributed by atoms with Crippen molar-refractivity contribution in [2.75, 3.05) is 0 Å². The van der Waals surface area contributed by atoms with Crippen molar-refractivity contribution in [2.45, 2.75) is 37.8 Å². The average Bonchev–Trinajstić information content (AvgIpc) is 2.69. The molecule has 3 rings (SSSR count). The number of nitrogens with one attached hydrogen (secondary N) is 1. The second-order valence-electron chi connectivity index (χ2n) is 5.65. The summed E-state index contributed by atoms with van der Waals surface area (Å²) in [6.45, 7) is 3.61. The molecule has 0 radical (unpaired) electrons. The predicted molar refractivity (Wildman–Crippen MR) is 62.5 cm³/mol. The molecule has 88 valence electrons. The van der Waals surface area contributed by atoms with E-state index in [-0.39, 0.29) is 5.91 Å². The fourth-order valence-corrected chi connectivity index (χ4v) is 4.08. The zero-order chi connectivity index (χ0) is 11.3. The van der Waals surface area contributed by atoms with Crippen molar-refractivity contribution in [2.24, 2.45) is 29.4 Å². The van der Waals surface area contributed by atoms with Crippen LogP contribution < -0.4 is 11.1 Å². The molecule has 0 spiro atoms. The summed E-state index contributed by atoms with van der Waals surface area (Å²) in [5, 5.41) is 3.13. The Morgan fingerprint density at radius 3 is 2.62 bits per heavy atom. The van der Waals surface area contributed by atoms with Gasteiger partial charge in [-0.2, -0.15) is 0 Å². The molecule has 3 aliphatic carbocycles. The van der Waals surface area contributed by atoms with Gasteiger partial charge in [0.25, 0.3) is 0 Å². The zero-order valence-corrected chi connectivity index (χ0v) is 9.56. The number of hydrogen-bond acceptors (Lipinski definition) is 2. The highest BCUT2D eigenvalue weighted by atomic mass is 16.2. The van der Waals surface area contributed by atoms with Gasteiger partial charge in [-0.05, 0) is 49.4 Å². The topological polar surface area (TPSA) is 55.1 Å². The van der Waals surface area contributed by atoms with Gasteiger partial charge < -0.3 is 11.1 Å². The molecule has 0 aromatic carbocycles. The SMILES string of the molecule is C=CCC(N)C(=O)NC1C2C3CCC(C3)C12. The lowest BCUT2D eigenvalue weighted by molar-refractivity contribution is -0.122. The number of fused-ring (bicyclic) bond motifs is 5. The van der Waals surface area contributed by atoms with Gasteiger partial charge in [0.05, 0.1) is 6.04 Å². The Labute approximate surface area is 96.5 Å². The van der Waals surface area contributed by atoms with E-state index in [0.717, 1.165) is 23.7 Å². The van der Waals surface area contributed by atoms with E-state index in [2.05, 4.69) is 11.9 Å². The molecule has 0 heterocycles. The van der Waals surface area contributed by atoms with Gasteiger partial charge in [0, 0.05) is 6.04 Å². The molecule has 16 heavy (non-hydrogen) atoms. The molecule has 0 saturated heterocycles. The Kier molecular flexibility index (Phi) is 2.32. The van der Waals surface area contributed by atoms with Crippen molar-refractivity contribution >= 4 is 5.91 Å². The van der Waals surface area contributed by atoms with Crippen LogP contribution in [0.2, 0.25) is 0 Å². The summed E-state index contributed by atoms with van der Waals surface area (Å²) in [6, 6.07) is 0.0473. The molecule has 3 N–H and O–H groups in total. The molecule has 0 aromatic rings. The summed E-state index contributed by atoms with van der Waals surface area (Å²) in [5.41, 5.74) is 5.76. The van der Waals surface area contributed by atoms with Crippen LogP contribution in [-0.4, -0.2) is 18.0 Å². The summed E-state index contributed by atoms with van der Waals surface area (Å²) < 4.78 is 0. The van der Waals surface area contributed by atoms with Gasteiger partial charge in [-0.15, -0.1) is 6.58 Å². The van der Waals surface area contributed by atoms with Crippen LogP contribution in [0.5, 0.6) is 0 Å². The maximum atomic E-state index is 11.8. The number of rotatable bonds is 4. The Morgan fingerprint density at radius 2 is 2.06 bits per heavy atom. The molecular formula is C13H20N2O. The minimum Gasteiger partial charge on any atom is -0.351 e. The van der Waals surface area contributed by atoms with E-state index in [0.29, 0.717) is 12.5 Å². The smallest absolute Gasteiger partial charge is 0.237 e. The molecule has 3 saturated carbocycles. The van der Waals surface area contributed by atoms with Gasteiger partial charge in [0.1, 0.15) is 0 Å². The van der Waals surface area contributed by atoms with Crippen LogP contribution in [0.25, 0.3) is 0 Å². The van der Waals surface area contributed by atoms with Crippen molar-refractivity contribution in [3.63, 3.8) is 0 Å². The summed E-state index contributed by atoms with van der Waals surface area (Å²) in [5.74, 6) is 3.39. The van der Waals surface area contributed by atoms with Gasteiger partial charge in [-0.25, -0.2) is 0 Å². The first-order chi connectivity index (χ1) is 7.72. The summed E-state index contributed by atoms with van der Waals surface area (Å²) >= 11 is 0. The summed E-state index contributed by atoms with van der Waals surface area (Å²) in [7, 11) is 0. The van der Waals surface area contributed by atoms with Crippen LogP contribution in [0, 0.1) is 23.7 Å². The molecule has 5 unspecified atom stereocenters. The largest absolute Gasteiger partial charge is 0.351 e. The van der Waals surface area contributed by atoms with Crippen LogP contribution in [0.15, 0.2) is 12.7 Å². The van der Waals surface area contributed by atoms with Crippen LogP contribution in [0.1, 0.15) is 25.7 Å². The first kappa shape index (κ1) is 10.3. The number of hydrogen-bond donors (Lipinski definition) is 2. The van der Waals surface area contributed by atoms with E-state index in [1.54, 1.807) is 6.08 Å². The van der Waals surface area contributed by atoms with Crippen molar-refractivity contribution in [1.82, 2.24) is 5.32 Å². The van der Waals surface area contributed by atoms with E-state index in [9.17, 15) is 4.79 Å². The Balaban J connectivity index is 1.54. The van der Waals surface area contributed by atoms with Crippen LogP contribution >= 0.6 is 0 Å². The second kappa shape index (κ2) is 3.59. The molecule has 2 bridgehead atoms. The minimum atomic E-state index is -0.406. The van der Waals surface area contributed by atoms with Gasteiger partial charge >= 0.3 is 0 Å². The molecule has 0 aromatic heterocycles. The maximum absolute atomic E-state index is 11.8. The molecule has 5 atom stereocenters. The molecular weight excluding hydrogens is 200 g/mol. The molecule has 0 aliphatic heterocycles. The predicted octanol–water partition coefficient (Wildman–Crippen LogP) is 1.05. The lowest BCUT2D eigenvalue weighted by Gasteiger charge is -2.13. The highest BCUT2D eigenvalue weighted by Crippen LogP contribution is 2.65. The van der Waals surface area contributed by atoms with Crippen molar-refractivity contribution < 1.29 is 4.79 Å². The number of carbonyl (C=O) groups excluding carboxylic acids is 1. The zero-order valence-electron chi connectivity index (χ0n) is 9.56. The fourth-order valence-electron chi connectivity index (χ4n) is 4.08. The van der Waals surface area contributed by atoms with Gasteiger partial charge in [0.15, 0.2) is 0 Å². The standard InChI is InChI=1S/C13H20N2O/c1-2-3-9(14)13(16)15-12-10-7-4-5-8(6-7)11(10)12/h2,7-12H,1,3-6,14H2,(H,15,16). The molecule has 3 heteroatoms. The average molecular weight is 220 g/mol. The molecule has 3 fully saturated rings. The summed E-state index contributed by atoms with van der Waals surface area (Å²) in [6.07, 6.45) is 6.47. The quantitative estimate of drug-likeness (QED) is 0.696. The lowest BCUT2D eigenvalue weighted by Crippen LogP contribution is -2.42. The lowest BCUT2D eigenvalue weighted by atomic mass is 10.0. The monoisotopic (exact) mass is 220 g/mol. The third-order valence-corrected chi connectivity index (χ3v) is 4.80. The maximum Gasteiger partial charge on any atom is 0.237 e. The van der Waals surface area contributed by atoms with E-state index >= 15 is 0 Å². The van der Waals surface area contributed by atoms with Crippen LogP contribution in [-0.2, 0) is 4.79 Å². The minimum absolute atomic E-state index is 0.0127. The molecule has 3 nitrogen and oxygen atoms in total. The van der Waals surface area contributed by atoms with E-state index < -0.39 is 6.04 Å². The third kappa shape index (κ3) is 1.41. The van der Waals surface area contributed by atoms with Gasteiger partial charge in [0.2, 0.25) is 5.91 Å². The van der Waals surface area contributed by atoms with Crippen molar-refractivity contribution in [1.29, 1.82) is 0 Å². The van der Waals surface area contributed by atoms with E-state index in [1.807, 2.05) is 0 Å². The third-order valence-electron chi connectivity index (χ3n) is 4.80. The van der Waals surface area contributed by atoms with Crippen LogP contribution in [0.3, 0.4) is 0 Å². The van der Waals surface area contributed by atoms with E-state index in [4.69, 9.17) is 5.73 Å². The van der Waals surface area contributed by atoms with Gasteiger partial charge in [-0.3, -0.25) is 4.79 Å². The Bertz CT molecular complexity index is 312. The number of amides is 1. The Hall–Kier alpha value is -0.830. The van der Waals surface area contributed by atoms with Gasteiger partial charge in [-0.1, -0.05) is 6.08 Å². The number of nitrogens with two attached hydrogens (primary N) is 1. The Morgan fingerprint density at radius 1 is 1.44 bits per heavy atom. The van der Waals surface area contributed by atoms with Crippen molar-refractivity contribution in [3.8, 4) is 0 Å². The number of carbonyl (C=O) groups is 1. The molecule has 1 amide bonds. The molecule has 3 aliphatic rings. The van der Waals surface area contributed by atoms with Crippen LogP contribution in [0.4, 0.5) is 0 Å².